The van der Waals surface area contributed by atoms with Gasteiger partial charge in [-0.25, -0.2) is 0 Å². The van der Waals surface area contributed by atoms with Crippen molar-refractivity contribution in [2.45, 2.75) is 6.92 Å². The summed E-state index contributed by atoms with van der Waals surface area (Å²) in [6, 6.07) is 17.0. The number of carbonyl (C=O) groups excluding carboxylic acids is 2. The van der Waals surface area contributed by atoms with Crippen LogP contribution in [-0.4, -0.2) is 43.0 Å². The highest BCUT2D eigenvalue weighted by atomic mass is 32.1. The number of ether oxygens (including phenoxy) is 1. The molecule has 1 aromatic heterocycles. The smallest absolute Gasteiger partial charge is 0.257 e. The highest BCUT2D eigenvalue weighted by molar-refractivity contribution is 7.10. The van der Waals surface area contributed by atoms with Crippen molar-refractivity contribution >= 4 is 28.8 Å². The topological polar surface area (TPSA) is 58.6 Å². The second kappa shape index (κ2) is 8.59. The number of anilines is 1. The van der Waals surface area contributed by atoms with Crippen molar-refractivity contribution in [3.8, 4) is 11.1 Å². The normalized spacial score (nSPS) is 13.9. The first-order chi connectivity index (χ1) is 14.1. The Balaban J connectivity index is 1.49. The molecule has 2 amide bonds. The Morgan fingerprint density at radius 1 is 1.00 bits per heavy atom. The number of benzene rings is 2. The average Bonchev–Trinajstić information content (AvgIpc) is 3.16. The molecule has 2 heterocycles. The van der Waals surface area contributed by atoms with Gasteiger partial charge in [0, 0.05) is 40.2 Å². The molecule has 0 aliphatic carbocycles. The molecule has 2 aromatic carbocycles. The lowest BCUT2D eigenvalue weighted by Crippen LogP contribution is -2.40. The fraction of sp³-hybridized carbons (Fsp3) is 0.217. The van der Waals surface area contributed by atoms with Gasteiger partial charge in [-0.05, 0) is 36.8 Å². The molecule has 0 unspecified atom stereocenters. The van der Waals surface area contributed by atoms with Gasteiger partial charge in [-0.2, -0.15) is 0 Å². The van der Waals surface area contributed by atoms with Crippen LogP contribution in [0.25, 0.3) is 11.1 Å². The molecule has 148 valence electrons. The molecule has 1 saturated heterocycles. The third-order valence-corrected chi connectivity index (χ3v) is 5.88. The van der Waals surface area contributed by atoms with Crippen molar-refractivity contribution in [1.29, 1.82) is 0 Å². The summed E-state index contributed by atoms with van der Waals surface area (Å²) in [6.45, 7) is 4.39. The van der Waals surface area contributed by atoms with E-state index in [2.05, 4.69) is 5.32 Å². The number of nitrogens with one attached hydrogen (secondary N) is 1. The van der Waals surface area contributed by atoms with Crippen LogP contribution in [0.1, 0.15) is 25.6 Å². The van der Waals surface area contributed by atoms with Crippen LogP contribution < -0.4 is 5.32 Å². The Kier molecular flexibility index (Phi) is 5.74. The van der Waals surface area contributed by atoms with Gasteiger partial charge in [0.1, 0.15) is 0 Å². The van der Waals surface area contributed by atoms with Crippen LogP contribution >= 0.6 is 11.3 Å². The zero-order valence-electron chi connectivity index (χ0n) is 16.2. The third-order valence-electron chi connectivity index (χ3n) is 4.97. The average molecular weight is 407 g/mol. The van der Waals surface area contributed by atoms with Crippen molar-refractivity contribution in [1.82, 2.24) is 4.90 Å². The summed E-state index contributed by atoms with van der Waals surface area (Å²) < 4.78 is 5.29. The van der Waals surface area contributed by atoms with Crippen LogP contribution in [0.5, 0.6) is 0 Å². The molecule has 1 aliphatic heterocycles. The van der Waals surface area contributed by atoms with Crippen molar-refractivity contribution in [2.24, 2.45) is 0 Å². The van der Waals surface area contributed by atoms with E-state index in [1.807, 2.05) is 42.6 Å². The summed E-state index contributed by atoms with van der Waals surface area (Å²) in [6.07, 6.45) is 0. The molecule has 1 fully saturated rings. The van der Waals surface area contributed by atoms with Gasteiger partial charge in [-0.15, -0.1) is 11.3 Å². The lowest BCUT2D eigenvalue weighted by molar-refractivity contribution is 0.0303. The number of aryl methyl sites for hydroxylation is 1. The number of hydrogen-bond donors (Lipinski definition) is 1. The highest BCUT2D eigenvalue weighted by Gasteiger charge is 2.19. The quantitative estimate of drug-likeness (QED) is 0.696. The van der Waals surface area contributed by atoms with Crippen molar-refractivity contribution < 1.29 is 14.3 Å². The fourth-order valence-electron chi connectivity index (χ4n) is 3.43. The lowest BCUT2D eigenvalue weighted by Gasteiger charge is -2.26. The maximum absolute atomic E-state index is 12.9. The van der Waals surface area contributed by atoms with Gasteiger partial charge in [0.25, 0.3) is 11.8 Å². The first-order valence-electron chi connectivity index (χ1n) is 9.55. The molecule has 6 heteroatoms. The fourth-order valence-corrected chi connectivity index (χ4v) is 4.29. The maximum atomic E-state index is 12.9. The van der Waals surface area contributed by atoms with Gasteiger partial charge < -0.3 is 15.0 Å². The molecule has 1 aliphatic rings. The van der Waals surface area contributed by atoms with E-state index in [0.29, 0.717) is 43.1 Å². The maximum Gasteiger partial charge on any atom is 0.257 e. The summed E-state index contributed by atoms with van der Waals surface area (Å²) >= 11 is 1.57. The number of morpholine rings is 1. The summed E-state index contributed by atoms with van der Waals surface area (Å²) in [5, 5.41) is 4.84. The van der Waals surface area contributed by atoms with E-state index in [4.69, 9.17) is 4.74 Å². The zero-order valence-corrected chi connectivity index (χ0v) is 17.0. The molecule has 0 saturated carbocycles. The van der Waals surface area contributed by atoms with Crippen molar-refractivity contribution in [3.63, 3.8) is 0 Å². The highest BCUT2D eigenvalue weighted by Crippen LogP contribution is 2.32. The predicted molar refractivity (Wildman–Crippen MR) is 116 cm³/mol. The molecule has 0 atom stereocenters. The molecular formula is C23H22N2O3S. The lowest BCUT2D eigenvalue weighted by atomic mass is 10.0. The predicted octanol–water partition coefficient (Wildman–Crippen LogP) is 4.45. The molecule has 4 rings (SSSR count). The Labute approximate surface area is 173 Å². The van der Waals surface area contributed by atoms with Crippen LogP contribution in [0.15, 0.2) is 60.0 Å². The minimum Gasteiger partial charge on any atom is -0.378 e. The van der Waals surface area contributed by atoms with Gasteiger partial charge in [-0.3, -0.25) is 9.59 Å². The van der Waals surface area contributed by atoms with Gasteiger partial charge >= 0.3 is 0 Å². The second-order valence-corrected chi connectivity index (χ2v) is 7.97. The molecule has 0 bridgehead atoms. The number of rotatable bonds is 4. The minimum atomic E-state index is -0.152. The van der Waals surface area contributed by atoms with Crippen molar-refractivity contribution in [3.05, 3.63) is 76.0 Å². The molecule has 29 heavy (non-hydrogen) atoms. The summed E-state index contributed by atoms with van der Waals surface area (Å²) in [5.41, 5.74) is 3.93. The summed E-state index contributed by atoms with van der Waals surface area (Å²) in [5.74, 6) is -0.161. The third kappa shape index (κ3) is 4.23. The van der Waals surface area contributed by atoms with E-state index in [-0.39, 0.29) is 11.8 Å². The standard InChI is InChI=1S/C23H22N2O3S/c1-16-21(17-5-3-2-4-6-17)20(15-29-16)22(26)24-19-9-7-18(8-10-19)23(27)25-11-13-28-14-12-25/h2-10,15H,11-14H2,1H3,(H,24,26). The molecular weight excluding hydrogens is 384 g/mol. The molecule has 3 aromatic rings. The Hall–Kier alpha value is -2.96. The first-order valence-corrected chi connectivity index (χ1v) is 10.4. The molecule has 0 radical (unpaired) electrons. The van der Waals surface area contributed by atoms with Crippen LogP contribution in [0, 0.1) is 6.92 Å². The van der Waals surface area contributed by atoms with Gasteiger partial charge in [0.05, 0.1) is 18.8 Å². The van der Waals surface area contributed by atoms with E-state index < -0.39 is 0 Å². The van der Waals surface area contributed by atoms with E-state index in [9.17, 15) is 9.59 Å². The monoisotopic (exact) mass is 406 g/mol. The summed E-state index contributed by atoms with van der Waals surface area (Å²) in [4.78, 5) is 28.3. The van der Waals surface area contributed by atoms with Crippen molar-refractivity contribution in [2.75, 3.05) is 31.6 Å². The molecule has 0 spiro atoms. The summed E-state index contributed by atoms with van der Waals surface area (Å²) in [7, 11) is 0. The largest absolute Gasteiger partial charge is 0.378 e. The number of amides is 2. The number of hydrogen-bond acceptors (Lipinski definition) is 4. The Morgan fingerprint density at radius 3 is 2.38 bits per heavy atom. The van der Waals surface area contributed by atoms with Crippen LogP contribution in [0.4, 0.5) is 5.69 Å². The Bertz CT molecular complexity index is 1010. The Morgan fingerprint density at radius 2 is 1.69 bits per heavy atom. The van der Waals surface area contributed by atoms with Crippen LogP contribution in [0.2, 0.25) is 0 Å². The van der Waals surface area contributed by atoms with E-state index >= 15 is 0 Å². The SMILES string of the molecule is Cc1scc(C(=O)Nc2ccc(C(=O)N3CCOCC3)cc2)c1-c1ccccc1. The van der Waals surface area contributed by atoms with Gasteiger partial charge in [0.15, 0.2) is 0 Å². The van der Waals surface area contributed by atoms with Crippen LogP contribution in [0.3, 0.4) is 0 Å². The van der Waals surface area contributed by atoms with Crippen LogP contribution in [-0.2, 0) is 4.74 Å². The number of nitrogens with zero attached hydrogens (tertiary/aromatic N) is 1. The second-order valence-electron chi connectivity index (χ2n) is 6.88. The first kappa shape index (κ1) is 19.4. The number of thiophene rings is 1. The van der Waals surface area contributed by atoms with E-state index in [1.54, 1.807) is 40.5 Å². The van der Waals surface area contributed by atoms with E-state index in [0.717, 1.165) is 16.0 Å². The van der Waals surface area contributed by atoms with E-state index in [1.165, 1.54) is 0 Å². The molecule has 1 N–H and O–H groups in total. The van der Waals surface area contributed by atoms with Gasteiger partial charge in [-0.1, -0.05) is 30.3 Å². The van der Waals surface area contributed by atoms with Gasteiger partial charge in [0.2, 0.25) is 0 Å². The minimum absolute atomic E-state index is 0.00833. The molecule has 5 nitrogen and oxygen atoms in total. The zero-order chi connectivity index (χ0) is 20.2. The number of carbonyl (C=O) groups is 2.